The lowest BCUT2D eigenvalue weighted by Gasteiger charge is -2.41. The van der Waals surface area contributed by atoms with Crippen LogP contribution in [0.5, 0.6) is 5.75 Å². The van der Waals surface area contributed by atoms with Gasteiger partial charge in [0.1, 0.15) is 11.9 Å². The second-order valence-electron chi connectivity index (χ2n) is 7.68. The monoisotopic (exact) mass is 477 g/mol. The van der Waals surface area contributed by atoms with Gasteiger partial charge in [0, 0.05) is 49.1 Å². The lowest BCUT2D eigenvalue weighted by molar-refractivity contribution is 0.0425. The minimum absolute atomic E-state index is 0.0270. The number of rotatable bonds is 4. The molecule has 2 saturated heterocycles. The number of hydrogen-bond acceptors (Lipinski definition) is 4. The van der Waals surface area contributed by atoms with Crippen molar-refractivity contribution in [2.75, 3.05) is 26.2 Å². The van der Waals surface area contributed by atoms with Crippen LogP contribution < -0.4 is 4.74 Å². The van der Waals surface area contributed by atoms with E-state index in [1.165, 1.54) is 0 Å². The van der Waals surface area contributed by atoms with E-state index in [0.29, 0.717) is 16.6 Å². The molecule has 0 saturated carbocycles. The Labute approximate surface area is 185 Å². The predicted molar refractivity (Wildman–Crippen MR) is 118 cm³/mol. The third-order valence-corrected chi connectivity index (χ3v) is 6.68. The van der Waals surface area contributed by atoms with Gasteiger partial charge in [-0.1, -0.05) is 27.5 Å². The molecular formula is C22H25BrClN3O2. The highest BCUT2D eigenvalue weighted by Gasteiger charge is 2.31. The molecule has 0 unspecified atom stereocenters. The molecule has 1 aromatic heterocycles. The number of pyridine rings is 1. The number of hydrogen-bond donors (Lipinski definition) is 0. The van der Waals surface area contributed by atoms with Crippen LogP contribution in [0.15, 0.2) is 47.2 Å². The van der Waals surface area contributed by atoms with E-state index >= 15 is 0 Å². The molecule has 0 atom stereocenters. The molecule has 1 aromatic carbocycles. The van der Waals surface area contributed by atoms with E-state index in [4.69, 9.17) is 16.3 Å². The molecule has 29 heavy (non-hydrogen) atoms. The summed E-state index contributed by atoms with van der Waals surface area (Å²) in [5.41, 5.74) is 0.577. The summed E-state index contributed by atoms with van der Waals surface area (Å²) in [5.74, 6) is 0.927. The molecule has 0 bridgehead atoms. The van der Waals surface area contributed by atoms with Crippen LogP contribution in [0.2, 0.25) is 5.02 Å². The first kappa shape index (κ1) is 20.6. The number of likely N-dealkylation sites (tertiary alicyclic amines) is 2. The summed E-state index contributed by atoms with van der Waals surface area (Å²) in [5, 5.41) is 0.511. The Bertz CT molecular complexity index is 835. The fourth-order valence-corrected chi connectivity index (χ4v) is 4.79. The topological polar surface area (TPSA) is 45.7 Å². The molecule has 0 radical (unpaired) electrons. The molecule has 0 spiro atoms. The minimum Gasteiger partial charge on any atom is -0.490 e. The van der Waals surface area contributed by atoms with Gasteiger partial charge in [-0.2, -0.15) is 0 Å². The van der Waals surface area contributed by atoms with Gasteiger partial charge in [-0.05, 0) is 56.0 Å². The molecule has 1 amide bonds. The van der Waals surface area contributed by atoms with Crippen LogP contribution in [0.25, 0.3) is 0 Å². The highest BCUT2D eigenvalue weighted by molar-refractivity contribution is 9.10. The molecule has 2 aromatic rings. The minimum atomic E-state index is 0.0270. The number of carbonyl (C=O) groups is 1. The summed E-state index contributed by atoms with van der Waals surface area (Å²) >= 11 is 9.67. The van der Waals surface area contributed by atoms with Crippen molar-refractivity contribution in [3.63, 3.8) is 0 Å². The number of ether oxygens (including phenoxy) is 1. The molecule has 3 heterocycles. The second kappa shape index (κ2) is 9.45. The molecule has 0 N–H and O–H groups in total. The highest BCUT2D eigenvalue weighted by Crippen LogP contribution is 2.27. The summed E-state index contributed by atoms with van der Waals surface area (Å²) in [6, 6.07) is 9.80. The maximum atomic E-state index is 12.9. The van der Waals surface area contributed by atoms with Gasteiger partial charge in [-0.3, -0.25) is 14.7 Å². The maximum Gasteiger partial charge on any atom is 0.255 e. The van der Waals surface area contributed by atoms with Crippen molar-refractivity contribution >= 4 is 33.4 Å². The summed E-state index contributed by atoms with van der Waals surface area (Å²) in [4.78, 5) is 21.4. The number of halogens is 2. The molecule has 154 valence electrons. The lowest BCUT2D eigenvalue weighted by Crippen LogP contribution is -2.50. The average Bonchev–Trinajstić information content (AvgIpc) is 2.76. The summed E-state index contributed by atoms with van der Waals surface area (Å²) in [6.07, 6.45) is 7.89. The van der Waals surface area contributed by atoms with Crippen molar-refractivity contribution in [1.82, 2.24) is 14.8 Å². The zero-order valence-corrected chi connectivity index (χ0v) is 18.6. The Morgan fingerprint density at radius 1 is 1.03 bits per heavy atom. The van der Waals surface area contributed by atoms with Crippen molar-refractivity contribution in [2.45, 2.75) is 37.8 Å². The lowest BCUT2D eigenvalue weighted by atomic mass is 9.98. The first-order valence-corrected chi connectivity index (χ1v) is 11.3. The van der Waals surface area contributed by atoms with E-state index in [0.717, 1.165) is 62.1 Å². The van der Waals surface area contributed by atoms with Crippen LogP contribution >= 0.6 is 27.5 Å². The van der Waals surface area contributed by atoms with Gasteiger partial charge in [-0.25, -0.2) is 0 Å². The van der Waals surface area contributed by atoms with Crippen molar-refractivity contribution < 1.29 is 9.53 Å². The van der Waals surface area contributed by atoms with Gasteiger partial charge in [0.15, 0.2) is 0 Å². The highest BCUT2D eigenvalue weighted by atomic mass is 79.9. The van der Waals surface area contributed by atoms with Crippen LogP contribution in [0, 0.1) is 0 Å². The Morgan fingerprint density at radius 2 is 1.72 bits per heavy atom. The van der Waals surface area contributed by atoms with Gasteiger partial charge in [0.05, 0.1) is 10.6 Å². The number of amides is 1. The molecule has 2 aliphatic heterocycles. The second-order valence-corrected chi connectivity index (χ2v) is 9.01. The number of aromatic nitrogens is 1. The van der Waals surface area contributed by atoms with Crippen molar-refractivity contribution in [2.24, 2.45) is 0 Å². The van der Waals surface area contributed by atoms with E-state index in [1.54, 1.807) is 18.5 Å². The first-order chi connectivity index (χ1) is 14.1. The normalized spacial score (nSPS) is 19.3. The zero-order valence-electron chi connectivity index (χ0n) is 16.3. The summed E-state index contributed by atoms with van der Waals surface area (Å²) in [7, 11) is 0. The van der Waals surface area contributed by atoms with E-state index in [9.17, 15) is 4.79 Å². The first-order valence-electron chi connectivity index (χ1n) is 10.2. The van der Waals surface area contributed by atoms with Crippen molar-refractivity contribution in [3.05, 3.63) is 57.8 Å². The third-order valence-electron chi connectivity index (χ3n) is 5.86. The fourth-order valence-electron chi connectivity index (χ4n) is 4.23. The predicted octanol–water partition coefficient (Wildman–Crippen LogP) is 4.65. The Kier molecular flexibility index (Phi) is 6.73. The van der Waals surface area contributed by atoms with Gasteiger partial charge in [0.25, 0.3) is 5.91 Å². The standard InChI is InChI=1S/C22H25BrClN3O2/c23-16-1-2-21(24)20(15-16)22(28)27-11-5-17(6-12-27)26-13-7-19(8-14-26)29-18-3-9-25-10-4-18/h1-4,9-10,15,17,19H,5-8,11-14H2. The van der Waals surface area contributed by atoms with E-state index in [2.05, 4.69) is 25.8 Å². The van der Waals surface area contributed by atoms with E-state index in [-0.39, 0.29) is 12.0 Å². The Morgan fingerprint density at radius 3 is 2.41 bits per heavy atom. The van der Waals surface area contributed by atoms with E-state index < -0.39 is 0 Å². The van der Waals surface area contributed by atoms with Crippen LogP contribution in [-0.2, 0) is 0 Å². The number of nitrogens with zero attached hydrogens (tertiary/aromatic N) is 3. The van der Waals surface area contributed by atoms with Crippen LogP contribution in [0.3, 0.4) is 0 Å². The molecule has 5 nitrogen and oxygen atoms in total. The smallest absolute Gasteiger partial charge is 0.255 e. The van der Waals surface area contributed by atoms with Gasteiger partial charge < -0.3 is 9.64 Å². The van der Waals surface area contributed by atoms with E-state index in [1.807, 2.05) is 29.2 Å². The van der Waals surface area contributed by atoms with Crippen LogP contribution in [0.1, 0.15) is 36.0 Å². The summed E-state index contributed by atoms with van der Waals surface area (Å²) in [6.45, 7) is 3.65. The molecule has 4 rings (SSSR count). The molecule has 2 fully saturated rings. The largest absolute Gasteiger partial charge is 0.490 e. The maximum absolute atomic E-state index is 12.9. The number of benzene rings is 1. The van der Waals surface area contributed by atoms with Crippen LogP contribution in [0.4, 0.5) is 0 Å². The van der Waals surface area contributed by atoms with Crippen molar-refractivity contribution in [1.29, 1.82) is 0 Å². The quantitative estimate of drug-likeness (QED) is 0.642. The fraction of sp³-hybridized carbons (Fsp3) is 0.455. The Balaban J connectivity index is 1.26. The SMILES string of the molecule is O=C(c1cc(Br)ccc1Cl)N1CCC(N2CCC(Oc3ccncc3)CC2)CC1. The Hall–Kier alpha value is -1.63. The molecule has 2 aliphatic rings. The van der Waals surface area contributed by atoms with Gasteiger partial charge in [0.2, 0.25) is 0 Å². The third kappa shape index (κ3) is 5.11. The molecular weight excluding hydrogens is 454 g/mol. The van der Waals surface area contributed by atoms with Gasteiger partial charge >= 0.3 is 0 Å². The van der Waals surface area contributed by atoms with Gasteiger partial charge in [-0.15, -0.1) is 0 Å². The number of piperidine rings is 2. The van der Waals surface area contributed by atoms with Crippen molar-refractivity contribution in [3.8, 4) is 5.75 Å². The molecule has 7 heteroatoms. The zero-order chi connectivity index (χ0) is 20.2. The average molecular weight is 479 g/mol. The van der Waals surface area contributed by atoms with Crippen LogP contribution in [-0.4, -0.2) is 59.0 Å². The number of carbonyl (C=O) groups excluding carboxylic acids is 1. The molecule has 0 aliphatic carbocycles. The summed E-state index contributed by atoms with van der Waals surface area (Å²) < 4.78 is 6.95.